The monoisotopic (exact) mass is 832 g/mol. The second kappa shape index (κ2) is 18.5. The number of hydrogen-bond acceptors (Lipinski definition) is 16. The van der Waals surface area contributed by atoms with Gasteiger partial charge in [0.05, 0.1) is 62.0 Å². The van der Waals surface area contributed by atoms with Gasteiger partial charge in [0.15, 0.2) is 0 Å². The van der Waals surface area contributed by atoms with Gasteiger partial charge in [0.2, 0.25) is 11.8 Å². The third kappa shape index (κ3) is 10.3. The molecule has 0 bridgehead atoms. The first-order valence-electron chi connectivity index (χ1n) is 18.6. The molecule has 2 aromatic rings. The number of hydrogen-bond donors (Lipinski definition) is 10. The Bertz CT molecular complexity index is 1770. The van der Waals surface area contributed by atoms with Gasteiger partial charge in [0, 0.05) is 13.1 Å². The molecular weight excluding hydrogens is 788 g/mol. The smallest absolute Gasteiger partial charge is 0.669 e. The molecule has 0 spiro atoms. The summed E-state index contributed by atoms with van der Waals surface area (Å²) in [5.41, 5.74) is 0.636. The molecule has 4 fully saturated rings. The van der Waals surface area contributed by atoms with E-state index < -0.39 is 49.7 Å². The largest absolute Gasteiger partial charge is 1.00 e. The van der Waals surface area contributed by atoms with Crippen molar-refractivity contribution in [2.75, 3.05) is 39.3 Å². The van der Waals surface area contributed by atoms with Crippen molar-refractivity contribution in [3.05, 3.63) is 46.5 Å². The molecule has 6 heterocycles. The van der Waals surface area contributed by atoms with Gasteiger partial charge in [-0.15, -0.1) is 0 Å². The standard InChI is InChI=1S/2C17H22BN2O8.2Na/c2*21-10-5-12(19-6-10)16(22)20-7-11(8-20)27-13-2-1-9-3-4-18(25,26)28-15(9)14(13)17(23)24;;/h2*1-2,10-12,19,21,25-26H,3-8H2,(H,23,24);;/q2*-1;2*+1/t2*10-,12-;;/m00../s1. The summed E-state index contributed by atoms with van der Waals surface area (Å²) in [5, 5.41) is 83.2. The molecule has 4 saturated heterocycles. The second-order valence-electron chi connectivity index (χ2n) is 15.2. The summed E-state index contributed by atoms with van der Waals surface area (Å²) in [5.74, 6) is -2.87. The molecule has 10 N–H and O–H groups in total. The first-order valence-corrected chi connectivity index (χ1v) is 18.6. The quantitative estimate of drug-likeness (QED) is 0.111. The van der Waals surface area contributed by atoms with Gasteiger partial charge in [-0.25, -0.2) is 9.59 Å². The van der Waals surface area contributed by atoms with Crippen molar-refractivity contribution in [1.82, 2.24) is 20.4 Å². The molecule has 6 aliphatic heterocycles. The summed E-state index contributed by atoms with van der Waals surface area (Å²) in [6, 6.07) is 5.53. The minimum Gasteiger partial charge on any atom is -0.669 e. The molecular formula is C34H44B2N4Na2O16. The van der Waals surface area contributed by atoms with Gasteiger partial charge < -0.3 is 79.7 Å². The number of fused-ring (bicyclic) bond motifs is 2. The number of benzene rings is 2. The summed E-state index contributed by atoms with van der Waals surface area (Å²) in [6.07, 6.45) is -0.502. The minimum absolute atomic E-state index is 0. The third-order valence-corrected chi connectivity index (χ3v) is 10.7. The Hall–Kier alpha value is -2.67. The number of carbonyl (C=O) groups excluding carboxylic acids is 2. The fraction of sp³-hybridized carbons (Fsp3) is 0.529. The van der Waals surface area contributed by atoms with E-state index in [0.717, 1.165) is 0 Å². The van der Waals surface area contributed by atoms with Crippen LogP contribution >= 0.6 is 0 Å². The number of aliphatic hydroxyl groups is 2. The van der Waals surface area contributed by atoms with E-state index in [9.17, 15) is 59.7 Å². The van der Waals surface area contributed by atoms with Crippen molar-refractivity contribution >= 4 is 37.3 Å². The number of nitrogens with one attached hydrogen (secondary N) is 2. The fourth-order valence-corrected chi connectivity index (χ4v) is 7.66. The van der Waals surface area contributed by atoms with Crippen LogP contribution in [0.3, 0.4) is 0 Å². The molecule has 0 aliphatic carbocycles. The molecule has 6 aliphatic rings. The number of β-amino-alcohol motifs (C(OH)–C–C–N with tert-alkyl or cyclic N) is 2. The maximum absolute atomic E-state index is 12.3. The Morgan fingerprint density at radius 1 is 0.638 bits per heavy atom. The van der Waals surface area contributed by atoms with E-state index in [2.05, 4.69) is 10.6 Å². The maximum atomic E-state index is 12.3. The van der Waals surface area contributed by atoms with Crippen LogP contribution in [0.2, 0.25) is 12.6 Å². The van der Waals surface area contributed by atoms with Crippen molar-refractivity contribution in [3.63, 3.8) is 0 Å². The molecule has 8 rings (SSSR count). The van der Waals surface area contributed by atoms with Crippen molar-refractivity contribution in [3.8, 4) is 23.0 Å². The predicted molar refractivity (Wildman–Crippen MR) is 192 cm³/mol. The first kappa shape index (κ1) is 46.4. The van der Waals surface area contributed by atoms with Gasteiger partial charge in [-0.2, -0.15) is 0 Å². The summed E-state index contributed by atoms with van der Waals surface area (Å²) >= 11 is 0. The van der Waals surface area contributed by atoms with Gasteiger partial charge in [0.25, 0.3) is 0 Å². The van der Waals surface area contributed by atoms with Gasteiger partial charge in [-0.1, -0.05) is 24.8 Å². The van der Waals surface area contributed by atoms with Crippen LogP contribution in [-0.2, 0) is 22.4 Å². The van der Waals surface area contributed by atoms with Crippen molar-refractivity contribution < 1.29 is 138 Å². The summed E-state index contributed by atoms with van der Waals surface area (Å²) in [6.45, 7) is -4.20. The molecule has 58 heavy (non-hydrogen) atoms. The van der Waals surface area contributed by atoms with E-state index in [-0.39, 0.29) is 143 Å². The van der Waals surface area contributed by atoms with Crippen LogP contribution in [0, 0.1) is 0 Å². The van der Waals surface area contributed by atoms with E-state index >= 15 is 0 Å². The van der Waals surface area contributed by atoms with Crippen molar-refractivity contribution in [2.45, 2.75) is 74.8 Å². The van der Waals surface area contributed by atoms with Crippen LogP contribution in [0.25, 0.3) is 0 Å². The Labute approximate surface area is 376 Å². The number of likely N-dealkylation sites (tertiary alicyclic amines) is 2. The second-order valence-corrected chi connectivity index (χ2v) is 15.2. The van der Waals surface area contributed by atoms with Crippen LogP contribution in [0.5, 0.6) is 23.0 Å². The van der Waals surface area contributed by atoms with Crippen molar-refractivity contribution in [1.29, 1.82) is 0 Å². The molecule has 0 unspecified atom stereocenters. The van der Waals surface area contributed by atoms with E-state index in [0.29, 0.717) is 63.2 Å². The van der Waals surface area contributed by atoms with E-state index in [1.54, 1.807) is 21.9 Å². The molecule has 2 amide bonds. The summed E-state index contributed by atoms with van der Waals surface area (Å²) < 4.78 is 21.8. The van der Waals surface area contributed by atoms with Gasteiger partial charge in [0.1, 0.15) is 34.8 Å². The molecule has 4 atom stereocenters. The van der Waals surface area contributed by atoms with Crippen LogP contribution in [0.15, 0.2) is 24.3 Å². The maximum Gasteiger partial charge on any atom is 1.00 e. The van der Waals surface area contributed by atoms with E-state index in [1.165, 1.54) is 12.1 Å². The van der Waals surface area contributed by atoms with Crippen LogP contribution in [0.1, 0.15) is 44.7 Å². The predicted octanol–water partition coefficient (Wildman–Crippen LogP) is -8.88. The Kier molecular flexibility index (Phi) is 14.8. The van der Waals surface area contributed by atoms with Gasteiger partial charge in [-0.3, -0.25) is 9.59 Å². The molecule has 0 radical (unpaired) electrons. The SMILES string of the molecule is O=C(O)c1c(OC2CN(C(=O)[C@@H]3C[C@H](O)CN3)C2)ccc2c1O[B-](O)(O)CC2.O=C(O)c1c(OC2CN(C(=O)[C@@H]3C[C@H](O)CN3)C2)ccc2c1O[B-](O)(O)CC2.[Na+].[Na+]. The number of carbonyl (C=O) groups is 4. The normalized spacial score (nSPS) is 25.3. The molecule has 304 valence electrons. The third-order valence-electron chi connectivity index (χ3n) is 10.7. The van der Waals surface area contributed by atoms with Gasteiger partial charge >= 0.3 is 84.6 Å². The summed E-state index contributed by atoms with van der Waals surface area (Å²) in [4.78, 5) is 51.4. The number of aromatic carboxylic acids is 2. The summed E-state index contributed by atoms with van der Waals surface area (Å²) in [7, 11) is 0. The van der Waals surface area contributed by atoms with E-state index in [4.69, 9.17) is 18.8 Å². The number of carboxylic acids is 2. The Balaban J connectivity index is 0.000000214. The zero-order chi connectivity index (χ0) is 40.1. The van der Waals surface area contributed by atoms with Crippen LogP contribution < -0.4 is 88.5 Å². The molecule has 20 nitrogen and oxygen atoms in total. The number of carboxylic acid groups (broad SMARTS) is 2. The average molecular weight is 832 g/mol. The number of rotatable bonds is 8. The molecule has 24 heteroatoms. The van der Waals surface area contributed by atoms with Gasteiger partial charge in [-0.05, 0) is 48.9 Å². The Morgan fingerprint density at radius 2 is 1.00 bits per heavy atom. The molecule has 0 saturated carbocycles. The van der Waals surface area contributed by atoms with Crippen LogP contribution in [-0.4, -0.2) is 163 Å². The average Bonchev–Trinajstić information content (AvgIpc) is 3.73. The van der Waals surface area contributed by atoms with Crippen LogP contribution in [0.4, 0.5) is 0 Å². The number of ether oxygens (including phenoxy) is 2. The zero-order valence-electron chi connectivity index (χ0n) is 32.2. The minimum atomic E-state index is -3.10. The van der Waals surface area contributed by atoms with E-state index in [1.807, 2.05) is 0 Å². The van der Waals surface area contributed by atoms with Crippen molar-refractivity contribution in [2.24, 2.45) is 0 Å². The molecule has 2 aromatic carbocycles. The first-order chi connectivity index (χ1) is 26.5. The molecule has 0 aromatic heterocycles. The fourth-order valence-electron chi connectivity index (χ4n) is 7.66. The Morgan fingerprint density at radius 3 is 1.31 bits per heavy atom. The number of aliphatic hydroxyl groups excluding tert-OH is 2. The number of aryl methyl sites for hydroxylation is 2. The zero-order valence-corrected chi connectivity index (χ0v) is 36.2. The number of amides is 2. The topological polar surface area (TPSA) is 298 Å². The number of nitrogens with zero attached hydrogens (tertiary/aromatic N) is 2.